The lowest BCUT2D eigenvalue weighted by atomic mass is 10.2. The molecule has 2 aromatic rings. The Morgan fingerprint density at radius 2 is 2.30 bits per heavy atom. The Morgan fingerprint density at radius 1 is 1.50 bits per heavy atom. The molecule has 0 saturated carbocycles. The molecule has 1 aliphatic rings. The van der Waals surface area contributed by atoms with Crippen molar-refractivity contribution in [3.8, 4) is 11.5 Å². The van der Waals surface area contributed by atoms with Gasteiger partial charge in [-0.2, -0.15) is 5.10 Å². The number of nitrogens with one attached hydrogen (secondary N) is 2. The normalized spacial score (nSPS) is 12.4. The van der Waals surface area contributed by atoms with Crippen LogP contribution in [0.4, 0.5) is 0 Å². The van der Waals surface area contributed by atoms with E-state index in [1.807, 2.05) is 0 Å². The molecule has 1 amide bonds. The van der Waals surface area contributed by atoms with Gasteiger partial charge in [0.15, 0.2) is 22.1 Å². The number of aromatic nitrogens is 3. The van der Waals surface area contributed by atoms with Crippen LogP contribution in [0.3, 0.4) is 0 Å². The zero-order valence-electron chi connectivity index (χ0n) is 10.7. The van der Waals surface area contributed by atoms with Crippen molar-refractivity contribution in [2.75, 3.05) is 6.79 Å². The number of ether oxygens (including phenoxy) is 2. The summed E-state index contributed by atoms with van der Waals surface area (Å²) < 4.78 is 12.7. The smallest absolute Gasteiger partial charge is 0.251 e. The Morgan fingerprint density at radius 3 is 3.05 bits per heavy atom. The number of aromatic amines is 1. The summed E-state index contributed by atoms with van der Waals surface area (Å²) in [5.74, 6) is 1.67. The van der Waals surface area contributed by atoms with E-state index < -0.39 is 0 Å². The van der Waals surface area contributed by atoms with Gasteiger partial charge in [-0.05, 0) is 30.4 Å². The minimum atomic E-state index is -0.211. The summed E-state index contributed by atoms with van der Waals surface area (Å²) >= 11 is 5.00. The first-order valence-corrected chi connectivity index (χ1v) is 6.34. The molecule has 2 N–H and O–H groups in total. The van der Waals surface area contributed by atoms with Crippen molar-refractivity contribution >= 4 is 18.1 Å². The second-order valence-electron chi connectivity index (χ2n) is 4.25. The zero-order chi connectivity index (χ0) is 14.1. The van der Waals surface area contributed by atoms with Crippen LogP contribution in [0.1, 0.15) is 16.2 Å². The number of carbonyl (C=O) groups excluding carboxylic acids is 1. The number of benzene rings is 1. The molecule has 104 valence electrons. The highest BCUT2D eigenvalue weighted by Gasteiger charge is 2.16. The summed E-state index contributed by atoms with van der Waals surface area (Å²) in [5, 5.41) is 9.46. The van der Waals surface area contributed by atoms with E-state index in [4.69, 9.17) is 21.7 Å². The van der Waals surface area contributed by atoms with Crippen LogP contribution in [0.25, 0.3) is 0 Å². The van der Waals surface area contributed by atoms with Gasteiger partial charge in [0.25, 0.3) is 5.91 Å². The third kappa shape index (κ3) is 2.25. The van der Waals surface area contributed by atoms with Crippen LogP contribution in [0.5, 0.6) is 11.5 Å². The van der Waals surface area contributed by atoms with Gasteiger partial charge in [0.1, 0.15) is 0 Å². The molecule has 0 radical (unpaired) electrons. The number of H-pyrrole nitrogens is 1. The van der Waals surface area contributed by atoms with E-state index in [2.05, 4.69) is 15.5 Å². The fraction of sp³-hybridized carbons (Fsp3) is 0.250. The van der Waals surface area contributed by atoms with E-state index in [0.29, 0.717) is 27.7 Å². The predicted molar refractivity (Wildman–Crippen MR) is 72.1 cm³/mol. The average Bonchev–Trinajstić information content (AvgIpc) is 3.04. The van der Waals surface area contributed by atoms with Crippen molar-refractivity contribution < 1.29 is 14.3 Å². The number of rotatable bonds is 3. The summed E-state index contributed by atoms with van der Waals surface area (Å²) in [6.45, 7) is 0.474. The summed E-state index contributed by atoms with van der Waals surface area (Å²) in [7, 11) is 1.79. The van der Waals surface area contributed by atoms with Crippen molar-refractivity contribution in [3.63, 3.8) is 0 Å². The van der Waals surface area contributed by atoms with Gasteiger partial charge in [-0.15, -0.1) is 0 Å². The lowest BCUT2D eigenvalue weighted by Crippen LogP contribution is -2.24. The van der Waals surface area contributed by atoms with Gasteiger partial charge >= 0.3 is 0 Å². The lowest BCUT2D eigenvalue weighted by Gasteiger charge is -2.05. The standard InChI is InChI=1S/C12H12N4O3S/c1-16-10(14-15-12(16)20)5-13-11(17)7-2-3-8-9(4-7)19-6-18-8/h2-4H,5-6H2,1H3,(H,13,17)(H,15,20). The van der Waals surface area contributed by atoms with Gasteiger partial charge in [-0.3, -0.25) is 9.89 Å². The van der Waals surface area contributed by atoms with Gasteiger partial charge in [0.2, 0.25) is 6.79 Å². The zero-order valence-corrected chi connectivity index (χ0v) is 11.5. The van der Waals surface area contributed by atoms with Crippen molar-refractivity contribution in [2.45, 2.75) is 6.54 Å². The van der Waals surface area contributed by atoms with E-state index in [1.54, 1.807) is 29.8 Å². The molecular weight excluding hydrogens is 280 g/mol. The van der Waals surface area contributed by atoms with Crippen LogP contribution in [0.15, 0.2) is 18.2 Å². The third-order valence-corrected chi connectivity index (χ3v) is 3.38. The molecule has 7 nitrogen and oxygen atoms in total. The largest absolute Gasteiger partial charge is 0.454 e. The molecule has 1 aromatic carbocycles. The third-order valence-electron chi connectivity index (χ3n) is 3.01. The maximum absolute atomic E-state index is 12.1. The van der Waals surface area contributed by atoms with Gasteiger partial charge < -0.3 is 19.4 Å². The van der Waals surface area contributed by atoms with Crippen LogP contribution in [-0.4, -0.2) is 27.5 Å². The summed E-state index contributed by atoms with van der Waals surface area (Å²) in [6, 6.07) is 5.06. The maximum atomic E-state index is 12.1. The molecule has 0 spiro atoms. The van der Waals surface area contributed by atoms with E-state index in [9.17, 15) is 4.79 Å². The van der Waals surface area contributed by atoms with Crippen LogP contribution < -0.4 is 14.8 Å². The average molecular weight is 292 g/mol. The number of nitrogens with zero attached hydrogens (tertiary/aromatic N) is 2. The molecule has 0 unspecified atom stereocenters. The molecule has 1 aliphatic heterocycles. The molecule has 0 bridgehead atoms. The summed E-state index contributed by atoms with van der Waals surface area (Å²) in [6.07, 6.45) is 0. The first kappa shape index (κ1) is 12.7. The van der Waals surface area contributed by atoms with Crippen LogP contribution in [0.2, 0.25) is 0 Å². The molecule has 0 atom stereocenters. The first-order valence-electron chi connectivity index (χ1n) is 5.93. The Balaban J connectivity index is 1.70. The molecule has 0 fully saturated rings. The second kappa shape index (κ2) is 4.97. The highest BCUT2D eigenvalue weighted by Crippen LogP contribution is 2.32. The predicted octanol–water partition coefficient (Wildman–Crippen LogP) is 1.14. The second-order valence-corrected chi connectivity index (χ2v) is 4.64. The number of hydrogen-bond acceptors (Lipinski definition) is 5. The van der Waals surface area contributed by atoms with Gasteiger partial charge in [0.05, 0.1) is 6.54 Å². The van der Waals surface area contributed by atoms with E-state index in [1.165, 1.54) is 0 Å². The lowest BCUT2D eigenvalue weighted by molar-refractivity contribution is 0.0949. The molecule has 3 rings (SSSR count). The number of amides is 1. The van der Waals surface area contributed by atoms with Crippen molar-refractivity contribution in [2.24, 2.45) is 7.05 Å². The first-order chi connectivity index (χ1) is 9.65. The fourth-order valence-corrected chi connectivity index (χ4v) is 1.99. The van der Waals surface area contributed by atoms with Crippen molar-refractivity contribution in [3.05, 3.63) is 34.4 Å². The van der Waals surface area contributed by atoms with Gasteiger partial charge in [-0.1, -0.05) is 0 Å². The quantitative estimate of drug-likeness (QED) is 0.829. The Labute approximate surface area is 119 Å². The highest BCUT2D eigenvalue weighted by atomic mass is 32.1. The van der Waals surface area contributed by atoms with E-state index in [0.717, 1.165) is 0 Å². The Hall–Kier alpha value is -2.35. The number of hydrogen-bond donors (Lipinski definition) is 2. The fourth-order valence-electron chi connectivity index (χ4n) is 1.84. The summed E-state index contributed by atoms with van der Waals surface area (Å²) in [4.78, 5) is 12.1. The van der Waals surface area contributed by atoms with E-state index in [-0.39, 0.29) is 19.2 Å². The van der Waals surface area contributed by atoms with Crippen LogP contribution in [0, 0.1) is 4.77 Å². The van der Waals surface area contributed by atoms with Crippen LogP contribution >= 0.6 is 12.2 Å². The monoisotopic (exact) mass is 292 g/mol. The number of carbonyl (C=O) groups is 1. The van der Waals surface area contributed by atoms with Gasteiger partial charge in [-0.25, -0.2) is 0 Å². The highest BCUT2D eigenvalue weighted by molar-refractivity contribution is 7.71. The molecule has 0 aliphatic carbocycles. The Kier molecular flexibility index (Phi) is 3.15. The maximum Gasteiger partial charge on any atom is 0.251 e. The topological polar surface area (TPSA) is 81.2 Å². The molecule has 2 heterocycles. The molecule has 0 saturated heterocycles. The van der Waals surface area contributed by atoms with E-state index >= 15 is 0 Å². The minimum Gasteiger partial charge on any atom is -0.454 e. The van der Waals surface area contributed by atoms with Crippen LogP contribution in [-0.2, 0) is 13.6 Å². The molecule has 8 heteroatoms. The summed E-state index contributed by atoms with van der Waals surface area (Å²) in [5.41, 5.74) is 0.506. The van der Waals surface area contributed by atoms with Gasteiger partial charge in [0, 0.05) is 12.6 Å². The SMILES string of the molecule is Cn1c(CNC(=O)c2ccc3c(c2)OCO3)n[nH]c1=S. The minimum absolute atomic E-state index is 0.186. The number of fused-ring (bicyclic) bond motifs is 1. The van der Waals surface area contributed by atoms with Crippen molar-refractivity contribution in [1.82, 2.24) is 20.1 Å². The Bertz CT molecular complexity index is 722. The van der Waals surface area contributed by atoms with Crippen molar-refractivity contribution in [1.29, 1.82) is 0 Å². The molecule has 1 aromatic heterocycles. The molecule has 20 heavy (non-hydrogen) atoms. The molecular formula is C12H12N4O3S.